The molecule has 4 fully saturated rings. The highest BCUT2D eigenvalue weighted by atomic mass is 16.6. The van der Waals surface area contributed by atoms with Crippen molar-refractivity contribution in [2.45, 2.75) is 110 Å². The van der Waals surface area contributed by atoms with Crippen molar-refractivity contribution in [2.24, 2.45) is 11.8 Å². The number of carbonyl (C=O) groups excluding carboxylic acids is 2. The maximum atomic E-state index is 14.8. The number of hydrogen-bond donors (Lipinski definition) is 2. The van der Waals surface area contributed by atoms with Crippen LogP contribution < -0.4 is 10.6 Å². The molecule has 43 heavy (non-hydrogen) atoms. The molecule has 6 rings (SSSR count). The third kappa shape index (κ3) is 5.30. The van der Waals surface area contributed by atoms with Gasteiger partial charge in [0.15, 0.2) is 12.1 Å². The van der Waals surface area contributed by atoms with Gasteiger partial charge >= 0.3 is 0 Å². The summed E-state index contributed by atoms with van der Waals surface area (Å²) in [6, 6.07) is 10.3. The molecule has 2 aliphatic heterocycles. The lowest BCUT2D eigenvalue weighted by Crippen LogP contribution is -2.60. The van der Waals surface area contributed by atoms with Crippen molar-refractivity contribution < 1.29 is 18.9 Å². The Morgan fingerprint density at radius 2 is 1.05 bits per heavy atom. The third-order valence-electron chi connectivity index (χ3n) is 11.5. The van der Waals surface area contributed by atoms with E-state index in [2.05, 4.69) is 10.6 Å². The number of quaternary nitrogens is 2. The number of para-hydroxylation sites is 2. The smallest absolute Gasteiger partial charge is 0.283 e. The van der Waals surface area contributed by atoms with E-state index in [1.807, 2.05) is 64.1 Å². The summed E-state index contributed by atoms with van der Waals surface area (Å²) in [5, 5.41) is 35.8. The van der Waals surface area contributed by atoms with E-state index in [-0.39, 0.29) is 48.8 Å². The van der Waals surface area contributed by atoms with Crippen LogP contribution in [0.3, 0.4) is 0 Å². The molecule has 0 aromatic heterocycles. The summed E-state index contributed by atoms with van der Waals surface area (Å²) >= 11 is 0. The molecule has 0 bridgehead atoms. The lowest BCUT2D eigenvalue weighted by atomic mass is 10.0. The third-order valence-corrected chi connectivity index (χ3v) is 11.5. The highest BCUT2D eigenvalue weighted by Gasteiger charge is 2.56. The maximum Gasteiger partial charge on any atom is 0.283 e. The molecule has 2 aromatic carbocycles. The molecule has 0 radical (unpaired) electrons. The minimum absolute atomic E-state index is 0.0882. The number of likely N-dealkylation sites (tertiary alicyclic amines) is 2. The highest BCUT2D eigenvalue weighted by molar-refractivity contribution is 5.96. The number of nitrogens with one attached hydrogen (secondary N) is 2. The molecule has 2 aliphatic carbocycles. The van der Waals surface area contributed by atoms with Gasteiger partial charge in [-0.3, -0.25) is 9.59 Å². The van der Waals surface area contributed by atoms with Crippen LogP contribution in [0.25, 0.3) is 0 Å². The van der Waals surface area contributed by atoms with Gasteiger partial charge in [0.2, 0.25) is 0 Å². The number of carbonyl (C=O) groups is 2. The lowest BCUT2D eigenvalue weighted by Gasteiger charge is -2.51. The predicted molar refractivity (Wildman–Crippen MR) is 170 cm³/mol. The number of hydroxylamine groups is 6. The molecule has 0 spiro atoms. The van der Waals surface area contributed by atoms with E-state index in [4.69, 9.17) is 0 Å². The van der Waals surface area contributed by atoms with E-state index in [9.17, 15) is 20.0 Å². The van der Waals surface area contributed by atoms with Crippen LogP contribution in [0.5, 0.6) is 0 Å². The summed E-state index contributed by atoms with van der Waals surface area (Å²) in [4.78, 5) is 27.4. The predicted octanol–water partition coefficient (Wildman–Crippen LogP) is 6.40. The van der Waals surface area contributed by atoms with Crippen LogP contribution >= 0.6 is 0 Å². The number of amides is 2. The first-order valence-corrected chi connectivity index (χ1v) is 16.4. The molecule has 2 heterocycles. The minimum Gasteiger partial charge on any atom is -0.632 e. The fourth-order valence-electron chi connectivity index (χ4n) is 9.38. The van der Waals surface area contributed by atoms with Gasteiger partial charge in [0.05, 0.1) is 25.2 Å². The van der Waals surface area contributed by atoms with E-state index in [0.717, 1.165) is 72.2 Å². The van der Waals surface area contributed by atoms with E-state index < -0.39 is 21.4 Å². The monoisotopic (exact) mass is 588 g/mol. The first-order valence-electron chi connectivity index (χ1n) is 16.4. The van der Waals surface area contributed by atoms with Crippen LogP contribution in [0.4, 0.5) is 11.4 Å². The Hall–Kier alpha value is -2.78. The summed E-state index contributed by atoms with van der Waals surface area (Å²) in [5.41, 5.74) is 5.53. The van der Waals surface area contributed by atoms with Gasteiger partial charge in [-0.15, -0.1) is 0 Å². The van der Waals surface area contributed by atoms with Crippen LogP contribution in [0.2, 0.25) is 0 Å². The van der Waals surface area contributed by atoms with Gasteiger partial charge in [-0.25, -0.2) is 0 Å². The van der Waals surface area contributed by atoms with Crippen molar-refractivity contribution in [3.8, 4) is 0 Å². The van der Waals surface area contributed by atoms with Gasteiger partial charge in [-0.2, -0.15) is 0 Å². The van der Waals surface area contributed by atoms with Crippen molar-refractivity contribution in [1.82, 2.24) is 0 Å². The Kier molecular flexibility index (Phi) is 8.18. The first kappa shape index (κ1) is 30.3. The molecule has 232 valence electrons. The van der Waals surface area contributed by atoms with Crippen molar-refractivity contribution >= 4 is 23.2 Å². The lowest BCUT2D eigenvalue weighted by molar-refractivity contribution is -0.926. The van der Waals surface area contributed by atoms with Crippen LogP contribution in [-0.2, 0) is 9.59 Å². The zero-order valence-corrected chi connectivity index (χ0v) is 26.2. The van der Waals surface area contributed by atoms with Crippen LogP contribution in [0.1, 0.15) is 80.0 Å². The molecule has 2 saturated carbocycles. The molecular weight excluding hydrogens is 540 g/mol. The van der Waals surface area contributed by atoms with Gasteiger partial charge in [0.25, 0.3) is 11.8 Å². The molecule has 8 nitrogen and oxygen atoms in total. The Morgan fingerprint density at radius 1 is 0.674 bits per heavy atom. The van der Waals surface area contributed by atoms with Crippen LogP contribution in [-0.4, -0.2) is 58.4 Å². The van der Waals surface area contributed by atoms with Crippen molar-refractivity contribution in [1.29, 1.82) is 0 Å². The van der Waals surface area contributed by atoms with Crippen LogP contribution in [0, 0.1) is 49.9 Å². The second-order valence-electron chi connectivity index (χ2n) is 14.0. The van der Waals surface area contributed by atoms with E-state index in [1.54, 1.807) is 0 Å². The van der Waals surface area contributed by atoms with Crippen molar-refractivity contribution in [2.75, 3.05) is 23.7 Å². The average molecular weight is 589 g/mol. The fourth-order valence-corrected chi connectivity index (χ4v) is 9.38. The summed E-state index contributed by atoms with van der Waals surface area (Å²) in [7, 11) is 0. The average Bonchev–Trinajstić information content (AvgIpc) is 3.73. The molecule has 2 saturated heterocycles. The number of hydrogen-bond acceptors (Lipinski definition) is 4. The molecule has 8 heteroatoms. The Labute approximate surface area is 256 Å². The Bertz CT molecular complexity index is 1250. The van der Waals surface area contributed by atoms with Gasteiger partial charge in [0.1, 0.15) is 0 Å². The standard InChI is InChI=1S/C35H48N4O4/c1-22-10-5-11-23(2)32(22)36-34(40)30-20-26-14-7-16-28(26)38(30,42)18-9-19-39(43)29-17-8-15-27(29)21-31(39)35(41)37-33-24(3)12-6-13-25(33)4/h5-6,10-13,26-31H,7-9,14-21H2,1-4H3,(H,36,40)(H,37,41)/t26-,27-,28-,29-,30-,31-,38?,39?/m0/s1. The first-order chi connectivity index (χ1) is 20.5. The summed E-state index contributed by atoms with van der Waals surface area (Å²) in [6.07, 6.45) is 7.33. The summed E-state index contributed by atoms with van der Waals surface area (Å²) in [5.74, 6) is 0.110. The Morgan fingerprint density at radius 3 is 1.42 bits per heavy atom. The molecule has 2 amide bonds. The highest BCUT2D eigenvalue weighted by Crippen LogP contribution is 2.49. The summed E-state index contributed by atoms with van der Waals surface area (Å²) in [6.45, 7) is 8.39. The van der Waals surface area contributed by atoms with Gasteiger partial charge in [0, 0.05) is 55.3 Å². The number of rotatable bonds is 8. The topological polar surface area (TPSA) is 104 Å². The number of anilines is 2. The van der Waals surface area contributed by atoms with Gasteiger partial charge < -0.3 is 30.3 Å². The molecule has 8 atom stereocenters. The molecule has 4 aliphatic rings. The minimum atomic E-state index is -0.671. The zero-order valence-electron chi connectivity index (χ0n) is 26.2. The van der Waals surface area contributed by atoms with Crippen molar-refractivity contribution in [3.05, 3.63) is 69.1 Å². The molecular formula is C35H48N4O4. The number of fused-ring (bicyclic) bond motifs is 2. The van der Waals surface area contributed by atoms with Crippen molar-refractivity contribution in [3.63, 3.8) is 0 Å². The molecule has 2 aromatic rings. The quantitative estimate of drug-likeness (QED) is 0.275. The number of nitrogens with zero attached hydrogens (tertiary/aromatic N) is 2. The normalized spacial score (nSPS) is 34.7. The SMILES string of the molecule is Cc1cccc(C)c1NC(=O)[C@@H]1C[C@@H]2CCC[C@@H]2[N+]1([O-])CCC[N+]1([O-])[C@H](C(=O)Nc2c(C)cccc2C)C[C@@H]2CCC[C@@H]21. The second kappa shape index (κ2) is 11.6. The number of benzene rings is 2. The van der Waals surface area contributed by atoms with Gasteiger partial charge in [-0.1, -0.05) is 36.4 Å². The molecule has 2 N–H and O–H groups in total. The van der Waals surface area contributed by atoms with E-state index in [1.165, 1.54) is 0 Å². The second-order valence-corrected chi connectivity index (χ2v) is 14.0. The maximum absolute atomic E-state index is 14.8. The zero-order chi connectivity index (χ0) is 30.5. The summed E-state index contributed by atoms with van der Waals surface area (Å²) < 4.78 is -1.07. The van der Waals surface area contributed by atoms with Gasteiger partial charge in [-0.05, 0) is 75.6 Å². The van der Waals surface area contributed by atoms with E-state index in [0.29, 0.717) is 19.3 Å². The molecule has 2 unspecified atom stereocenters. The Balaban J connectivity index is 1.19. The number of aryl methyl sites for hydroxylation is 4. The fraction of sp³-hybridized carbons (Fsp3) is 0.600. The van der Waals surface area contributed by atoms with Crippen LogP contribution in [0.15, 0.2) is 36.4 Å². The van der Waals surface area contributed by atoms with E-state index >= 15 is 0 Å². The largest absolute Gasteiger partial charge is 0.632 e.